The maximum Gasteiger partial charge on any atom is 0.407 e. The van der Waals surface area contributed by atoms with Gasteiger partial charge >= 0.3 is 12.2 Å². The highest BCUT2D eigenvalue weighted by atomic mass is 16.6. The van der Waals surface area contributed by atoms with E-state index in [1.807, 2.05) is 60.7 Å². The lowest BCUT2D eigenvalue weighted by Gasteiger charge is -2.21. The Labute approximate surface area is 418 Å². The molecule has 5 aromatic rings. The van der Waals surface area contributed by atoms with E-state index in [4.69, 9.17) is 35.2 Å². The largest absolute Gasteiger partial charge is 0.496 e. The van der Waals surface area contributed by atoms with Gasteiger partial charge in [0.05, 0.1) is 50.1 Å². The number of nitrogen functional groups attached to an aromatic ring is 1. The molecule has 0 unspecified atom stereocenters. The van der Waals surface area contributed by atoms with Gasteiger partial charge in [0.25, 0.3) is 17.7 Å². The lowest BCUT2D eigenvalue weighted by Crippen LogP contribution is -2.42. The molecule has 0 bridgehead atoms. The van der Waals surface area contributed by atoms with Crippen LogP contribution in [0.3, 0.4) is 0 Å². The van der Waals surface area contributed by atoms with Crippen molar-refractivity contribution in [2.24, 2.45) is 5.73 Å². The fourth-order valence-corrected chi connectivity index (χ4v) is 7.63. The van der Waals surface area contributed by atoms with Crippen molar-refractivity contribution in [3.05, 3.63) is 154 Å². The molecule has 0 aliphatic heterocycles. The number of nitrogens with one attached hydrogen (secondary N) is 4. The number of carbonyl (C=O) groups excluding carboxylic acids is 7. The van der Waals surface area contributed by atoms with Crippen LogP contribution in [0, 0.1) is 0 Å². The summed E-state index contributed by atoms with van der Waals surface area (Å²) in [7, 11) is 4.18. The van der Waals surface area contributed by atoms with Crippen LogP contribution in [0.15, 0.2) is 115 Å². The van der Waals surface area contributed by atoms with Crippen molar-refractivity contribution >= 4 is 47.2 Å². The molecule has 0 saturated heterocycles. The number of carbonyl (C=O) groups is 7. The van der Waals surface area contributed by atoms with Gasteiger partial charge in [0.15, 0.2) is 11.6 Å². The lowest BCUT2D eigenvalue weighted by molar-refractivity contribution is -0.121. The van der Waals surface area contributed by atoms with Crippen molar-refractivity contribution in [3.8, 4) is 17.2 Å². The van der Waals surface area contributed by atoms with E-state index in [0.29, 0.717) is 42.5 Å². The third-order valence-electron chi connectivity index (χ3n) is 11.5. The van der Waals surface area contributed by atoms with Crippen LogP contribution in [-0.4, -0.2) is 88.0 Å². The average molecular weight is 987 g/mol. The summed E-state index contributed by atoms with van der Waals surface area (Å²) in [6.07, 6.45) is 0.513. The minimum Gasteiger partial charge on any atom is -0.496 e. The number of ether oxygens (including phenoxy) is 5. The number of rotatable bonds is 28. The molecular weight excluding hydrogens is 925 g/mol. The number of hydrogen-bond donors (Lipinski definition) is 6. The molecule has 0 spiro atoms. The summed E-state index contributed by atoms with van der Waals surface area (Å²) in [6, 6.07) is 30.3. The first kappa shape index (κ1) is 54.5. The van der Waals surface area contributed by atoms with Gasteiger partial charge in [-0.05, 0) is 103 Å². The van der Waals surface area contributed by atoms with Gasteiger partial charge in [-0.3, -0.25) is 24.0 Å². The van der Waals surface area contributed by atoms with E-state index in [1.54, 1.807) is 24.3 Å². The van der Waals surface area contributed by atoms with Gasteiger partial charge in [-0.1, -0.05) is 72.8 Å². The van der Waals surface area contributed by atoms with Crippen molar-refractivity contribution in [3.63, 3.8) is 0 Å². The molecule has 0 saturated carbocycles. The van der Waals surface area contributed by atoms with Gasteiger partial charge in [0.2, 0.25) is 0 Å². The molecule has 0 aliphatic carbocycles. The third-order valence-corrected chi connectivity index (χ3v) is 11.5. The number of amides is 5. The molecule has 18 nitrogen and oxygen atoms in total. The Morgan fingerprint density at radius 2 is 0.889 bits per heavy atom. The molecule has 5 aromatic carbocycles. The van der Waals surface area contributed by atoms with Crippen LogP contribution in [0.25, 0.3) is 0 Å². The summed E-state index contributed by atoms with van der Waals surface area (Å²) in [6.45, 7) is 0.697. The van der Waals surface area contributed by atoms with E-state index in [-0.39, 0.29) is 97.5 Å². The Kier molecular flexibility index (Phi) is 21.4. The normalized spacial score (nSPS) is 11.5. The molecule has 0 aliphatic rings. The van der Waals surface area contributed by atoms with E-state index in [0.717, 1.165) is 11.1 Å². The van der Waals surface area contributed by atoms with Gasteiger partial charge in [-0.25, -0.2) is 9.59 Å². The summed E-state index contributed by atoms with van der Waals surface area (Å²) < 4.78 is 26.8. The minimum absolute atomic E-state index is 0.0409. The van der Waals surface area contributed by atoms with E-state index in [9.17, 15) is 33.6 Å². The number of methoxy groups -OCH3 is 3. The summed E-state index contributed by atoms with van der Waals surface area (Å²) in [5, 5.41) is 11.1. The molecule has 5 rings (SSSR count). The number of ketones is 2. The number of hydrogen-bond acceptors (Lipinski definition) is 13. The smallest absolute Gasteiger partial charge is 0.407 e. The molecule has 18 heteroatoms. The van der Waals surface area contributed by atoms with Crippen LogP contribution in [0.5, 0.6) is 17.2 Å². The van der Waals surface area contributed by atoms with E-state index >= 15 is 0 Å². The van der Waals surface area contributed by atoms with Crippen LogP contribution >= 0.6 is 0 Å². The van der Waals surface area contributed by atoms with Gasteiger partial charge < -0.3 is 56.4 Å². The Bertz CT molecular complexity index is 2650. The quantitative estimate of drug-likeness (QED) is 0.0234. The number of nitrogens with two attached hydrogens (primary N) is 2. The van der Waals surface area contributed by atoms with Gasteiger partial charge in [-0.2, -0.15) is 0 Å². The van der Waals surface area contributed by atoms with Crippen LogP contribution in [-0.2, 0) is 45.1 Å². The number of primary amides is 1. The summed E-state index contributed by atoms with van der Waals surface area (Å²) in [4.78, 5) is 93.0. The van der Waals surface area contributed by atoms with E-state index in [1.165, 1.54) is 51.7 Å². The fraction of sp³-hybridized carbons (Fsp3) is 0.315. The standard InChI is InChI=1S/C54H62N6O12/c1-68-47-23-20-37(28-40(47)50(56)63)30-45(61)43(18-10-12-26-57-53(66)71-33-35-14-6-4-7-15-35)59-51(64)41-29-38(21-24-48(41)69-2)31-46(62)44(60-52(65)42-32-39(55)22-25-49(42)70-3)19-11-13-27-58-54(67)72-34-36-16-8-5-9-17-36/h4-9,14-17,20-25,28-29,32,43-44H,10-13,18-19,26-27,30-31,33-34,55H2,1-3H3,(H2,56,63)(H,57,66)(H,58,67)(H,59,64)(H,60,65)/t43-,44-/m0/s1. The predicted molar refractivity (Wildman–Crippen MR) is 269 cm³/mol. The fourth-order valence-electron chi connectivity index (χ4n) is 7.63. The van der Waals surface area contributed by atoms with Crippen molar-refractivity contribution in [2.45, 2.75) is 76.7 Å². The molecular formula is C54H62N6O12. The van der Waals surface area contributed by atoms with Crippen LogP contribution in [0.1, 0.15) is 91.9 Å². The maximum atomic E-state index is 14.2. The molecule has 0 fully saturated rings. The number of benzene rings is 5. The molecule has 2 atom stereocenters. The Morgan fingerprint density at radius 1 is 0.486 bits per heavy atom. The number of Topliss-reactive ketones (excluding diaryl/α,β-unsaturated/α-hetero) is 2. The zero-order valence-electron chi connectivity index (χ0n) is 40.7. The molecule has 5 amide bonds. The summed E-state index contributed by atoms with van der Waals surface area (Å²) in [5.74, 6) is -2.09. The van der Waals surface area contributed by atoms with Gasteiger partial charge in [-0.15, -0.1) is 0 Å². The third kappa shape index (κ3) is 17.2. The van der Waals surface area contributed by atoms with Crippen molar-refractivity contribution in [1.29, 1.82) is 0 Å². The molecule has 0 aromatic heterocycles. The number of anilines is 1. The second-order valence-electron chi connectivity index (χ2n) is 16.7. The number of alkyl carbamates (subject to hydrolysis) is 2. The van der Waals surface area contributed by atoms with E-state index in [2.05, 4.69) is 21.3 Å². The van der Waals surface area contributed by atoms with Crippen molar-refractivity contribution in [1.82, 2.24) is 21.3 Å². The van der Waals surface area contributed by atoms with Crippen LogP contribution in [0.2, 0.25) is 0 Å². The molecule has 0 heterocycles. The van der Waals surface area contributed by atoms with Gasteiger partial charge in [0, 0.05) is 31.6 Å². The first-order chi connectivity index (χ1) is 34.8. The second-order valence-corrected chi connectivity index (χ2v) is 16.7. The monoisotopic (exact) mass is 986 g/mol. The first-order valence-electron chi connectivity index (χ1n) is 23.4. The Hall–Kier alpha value is -8.41. The highest BCUT2D eigenvalue weighted by Gasteiger charge is 2.27. The molecule has 380 valence electrons. The SMILES string of the molecule is COc1ccc(CC(=O)[C@H](CCCCNC(=O)OCc2ccccc2)NC(=O)c2cc(CC(=O)[C@H](CCCCNC(=O)OCc3ccccc3)NC(=O)c3cc(N)ccc3OC)ccc2OC)cc1C(N)=O. The number of unbranched alkanes of at least 4 members (excludes halogenated alkanes) is 2. The summed E-state index contributed by atoms with van der Waals surface area (Å²) >= 11 is 0. The van der Waals surface area contributed by atoms with E-state index < -0.39 is 42.0 Å². The Morgan fingerprint density at radius 3 is 1.32 bits per heavy atom. The molecule has 72 heavy (non-hydrogen) atoms. The zero-order chi connectivity index (χ0) is 51.8. The zero-order valence-corrected chi connectivity index (χ0v) is 40.7. The van der Waals surface area contributed by atoms with Crippen LogP contribution in [0.4, 0.5) is 15.3 Å². The lowest BCUT2D eigenvalue weighted by atomic mass is 9.96. The highest BCUT2D eigenvalue weighted by Crippen LogP contribution is 2.25. The summed E-state index contributed by atoms with van der Waals surface area (Å²) in [5.41, 5.74) is 14.7. The molecule has 0 radical (unpaired) electrons. The maximum absolute atomic E-state index is 14.2. The second kappa shape index (κ2) is 28.3. The van der Waals surface area contributed by atoms with Gasteiger partial charge in [0.1, 0.15) is 30.5 Å². The highest BCUT2D eigenvalue weighted by molar-refractivity contribution is 6.02. The molecule has 8 N–H and O–H groups in total. The topological polar surface area (TPSA) is 266 Å². The minimum atomic E-state index is -1.04. The van der Waals surface area contributed by atoms with Crippen molar-refractivity contribution < 1.29 is 57.2 Å². The van der Waals surface area contributed by atoms with Crippen molar-refractivity contribution in [2.75, 3.05) is 40.2 Å². The predicted octanol–water partition coefficient (Wildman–Crippen LogP) is 6.41. The Balaban J connectivity index is 1.28. The van der Waals surface area contributed by atoms with Crippen LogP contribution < -0.4 is 46.9 Å². The average Bonchev–Trinajstić information content (AvgIpc) is 3.39. The first-order valence-corrected chi connectivity index (χ1v) is 23.4.